The molecule has 0 amide bonds. The highest BCUT2D eigenvalue weighted by molar-refractivity contribution is 7.99. The van der Waals surface area contributed by atoms with Crippen molar-refractivity contribution < 1.29 is 9.52 Å². The summed E-state index contributed by atoms with van der Waals surface area (Å²) in [6, 6.07) is 7.05. The summed E-state index contributed by atoms with van der Waals surface area (Å²) in [5.41, 5.74) is 2.79. The summed E-state index contributed by atoms with van der Waals surface area (Å²) < 4.78 is 5.79. The molecule has 3 atom stereocenters. The number of fused-ring (bicyclic) bond motifs is 1. The van der Waals surface area contributed by atoms with Gasteiger partial charge in [-0.1, -0.05) is 63.2 Å². The Kier molecular flexibility index (Phi) is 5.54. The van der Waals surface area contributed by atoms with Crippen molar-refractivity contribution in [2.45, 2.75) is 64.5 Å². The van der Waals surface area contributed by atoms with Gasteiger partial charge in [-0.15, -0.1) is 10.2 Å². The van der Waals surface area contributed by atoms with Gasteiger partial charge in [0, 0.05) is 5.75 Å². The fourth-order valence-electron chi connectivity index (χ4n) is 6.10. The highest BCUT2D eigenvalue weighted by Gasteiger charge is 2.52. The summed E-state index contributed by atoms with van der Waals surface area (Å²) in [4.78, 5) is 0. The first-order valence-electron chi connectivity index (χ1n) is 10.7. The number of phenols is 1. The topological polar surface area (TPSA) is 59.2 Å². The molecule has 0 saturated heterocycles. The number of aromatic nitrogens is 2. The Morgan fingerprint density at radius 1 is 1.21 bits per heavy atom. The Morgan fingerprint density at radius 3 is 2.79 bits per heavy atom. The molecule has 3 unspecified atom stereocenters. The number of nitrogens with zero attached hydrogens (tertiary/aromatic N) is 2. The van der Waals surface area contributed by atoms with E-state index >= 15 is 0 Å². The molecular weight excluding hydrogens is 380 g/mol. The maximum atomic E-state index is 9.99. The summed E-state index contributed by atoms with van der Waals surface area (Å²) in [7, 11) is 0. The molecule has 0 bridgehead atoms. The van der Waals surface area contributed by atoms with Gasteiger partial charge in [0.25, 0.3) is 11.1 Å². The quantitative estimate of drug-likeness (QED) is 0.436. The summed E-state index contributed by atoms with van der Waals surface area (Å²) >= 11 is 1.61. The van der Waals surface area contributed by atoms with Crippen LogP contribution in [0.1, 0.15) is 59.3 Å². The van der Waals surface area contributed by atoms with Crippen LogP contribution in [0.3, 0.4) is 0 Å². The molecule has 156 valence electrons. The number of thioether (sulfide) groups is 1. The van der Waals surface area contributed by atoms with Crippen molar-refractivity contribution in [1.29, 1.82) is 0 Å². The van der Waals surface area contributed by atoms with E-state index < -0.39 is 0 Å². The molecule has 0 spiro atoms. The number of para-hydroxylation sites is 1. The molecule has 1 heterocycles. The molecule has 2 saturated carbocycles. The summed E-state index contributed by atoms with van der Waals surface area (Å²) in [6.45, 7) is 11.9. The number of phenolic OH excluding ortho intramolecular Hbond substituents is 1. The van der Waals surface area contributed by atoms with Crippen LogP contribution in [-0.4, -0.2) is 21.1 Å². The van der Waals surface area contributed by atoms with Crippen LogP contribution in [0.4, 0.5) is 0 Å². The van der Waals surface area contributed by atoms with Crippen molar-refractivity contribution >= 4 is 11.8 Å². The minimum Gasteiger partial charge on any atom is -0.507 e. The highest BCUT2D eigenvalue weighted by Crippen LogP contribution is 2.61. The van der Waals surface area contributed by atoms with E-state index in [2.05, 4.69) is 37.5 Å². The number of aromatic hydroxyl groups is 1. The first-order chi connectivity index (χ1) is 13.8. The fourth-order valence-corrected chi connectivity index (χ4v) is 6.87. The highest BCUT2D eigenvalue weighted by atomic mass is 32.2. The van der Waals surface area contributed by atoms with E-state index in [1.807, 2.05) is 6.07 Å². The molecule has 1 N–H and O–H groups in total. The molecule has 5 heteroatoms. The monoisotopic (exact) mass is 412 g/mol. The zero-order chi connectivity index (χ0) is 20.6. The van der Waals surface area contributed by atoms with Crippen molar-refractivity contribution in [1.82, 2.24) is 10.2 Å². The number of hydrogen-bond donors (Lipinski definition) is 1. The van der Waals surface area contributed by atoms with E-state index in [1.54, 1.807) is 30.0 Å². The normalized spacial score (nSPS) is 28.9. The van der Waals surface area contributed by atoms with Gasteiger partial charge in [0.05, 0.1) is 5.56 Å². The van der Waals surface area contributed by atoms with Gasteiger partial charge in [0.2, 0.25) is 0 Å². The molecule has 2 fully saturated rings. The molecule has 1 aromatic heterocycles. The Morgan fingerprint density at radius 2 is 2.00 bits per heavy atom. The van der Waals surface area contributed by atoms with Gasteiger partial charge in [0.1, 0.15) is 5.75 Å². The van der Waals surface area contributed by atoms with Gasteiger partial charge >= 0.3 is 0 Å². The second-order valence-corrected chi connectivity index (χ2v) is 10.7. The third-order valence-electron chi connectivity index (χ3n) is 7.49. The van der Waals surface area contributed by atoms with Crippen LogP contribution in [0.25, 0.3) is 11.5 Å². The summed E-state index contributed by atoms with van der Waals surface area (Å²) in [5.74, 6) is 2.81. The minimum absolute atomic E-state index is 0.157. The molecule has 4 rings (SSSR count). The second-order valence-electron chi connectivity index (χ2n) is 9.68. The zero-order valence-electron chi connectivity index (χ0n) is 17.8. The maximum absolute atomic E-state index is 9.99. The van der Waals surface area contributed by atoms with Gasteiger partial charge in [0.15, 0.2) is 0 Å². The molecule has 2 aromatic rings. The summed E-state index contributed by atoms with van der Waals surface area (Å²) in [5, 5.41) is 18.8. The van der Waals surface area contributed by atoms with E-state index in [4.69, 9.17) is 4.42 Å². The predicted molar refractivity (Wildman–Crippen MR) is 118 cm³/mol. The van der Waals surface area contributed by atoms with Crippen molar-refractivity contribution in [2.75, 3.05) is 5.75 Å². The number of benzene rings is 1. The Bertz CT molecular complexity index is 891. The average Bonchev–Trinajstić information content (AvgIpc) is 3.12. The van der Waals surface area contributed by atoms with Crippen molar-refractivity contribution in [2.24, 2.45) is 22.7 Å². The maximum Gasteiger partial charge on any atom is 0.276 e. The van der Waals surface area contributed by atoms with Gasteiger partial charge in [-0.25, -0.2) is 0 Å². The molecule has 1 aromatic carbocycles. The van der Waals surface area contributed by atoms with E-state index in [-0.39, 0.29) is 5.75 Å². The van der Waals surface area contributed by atoms with Crippen LogP contribution in [0, 0.1) is 22.7 Å². The SMILES string of the molecule is C=C1CCC2C(C)(C)CCCC2(C)C1CCSc1nnc(-c2ccccc2O)o1. The Balaban J connectivity index is 1.42. The molecule has 2 aliphatic rings. The van der Waals surface area contributed by atoms with E-state index in [0.717, 1.165) is 24.5 Å². The molecule has 2 aliphatic carbocycles. The van der Waals surface area contributed by atoms with Gasteiger partial charge in [-0.2, -0.15) is 0 Å². The van der Waals surface area contributed by atoms with Gasteiger partial charge in [-0.05, 0) is 66.9 Å². The van der Waals surface area contributed by atoms with Crippen LogP contribution < -0.4 is 0 Å². The van der Waals surface area contributed by atoms with Crippen LogP contribution in [0.2, 0.25) is 0 Å². The molecular formula is C24H32N2O2S. The molecule has 0 radical (unpaired) electrons. The lowest BCUT2D eigenvalue weighted by molar-refractivity contribution is -0.0524. The largest absolute Gasteiger partial charge is 0.507 e. The van der Waals surface area contributed by atoms with Gasteiger partial charge < -0.3 is 9.52 Å². The van der Waals surface area contributed by atoms with Crippen molar-refractivity contribution in [3.05, 3.63) is 36.4 Å². The summed E-state index contributed by atoms with van der Waals surface area (Å²) in [6.07, 6.45) is 7.54. The smallest absolute Gasteiger partial charge is 0.276 e. The van der Waals surface area contributed by atoms with Crippen LogP contribution >= 0.6 is 11.8 Å². The lowest BCUT2D eigenvalue weighted by Crippen LogP contribution is -2.49. The van der Waals surface area contributed by atoms with Gasteiger partial charge in [-0.3, -0.25) is 0 Å². The van der Waals surface area contributed by atoms with E-state index in [9.17, 15) is 5.11 Å². The lowest BCUT2D eigenvalue weighted by atomic mass is 9.47. The average molecular weight is 413 g/mol. The minimum atomic E-state index is 0.157. The molecule has 29 heavy (non-hydrogen) atoms. The van der Waals surface area contributed by atoms with Crippen molar-refractivity contribution in [3.8, 4) is 17.2 Å². The lowest BCUT2D eigenvalue weighted by Gasteiger charge is -2.58. The fraction of sp³-hybridized carbons (Fsp3) is 0.583. The number of hydrogen-bond acceptors (Lipinski definition) is 5. The zero-order valence-corrected chi connectivity index (χ0v) is 18.6. The van der Waals surface area contributed by atoms with Crippen LogP contribution in [-0.2, 0) is 0 Å². The van der Waals surface area contributed by atoms with Crippen LogP contribution in [0.15, 0.2) is 46.1 Å². The molecule has 0 aliphatic heterocycles. The third kappa shape index (κ3) is 3.86. The Labute approximate surface area is 178 Å². The first-order valence-corrected chi connectivity index (χ1v) is 11.7. The predicted octanol–water partition coefficient (Wildman–Crippen LogP) is 6.72. The van der Waals surface area contributed by atoms with E-state index in [0.29, 0.717) is 33.4 Å². The Hall–Kier alpha value is -1.75. The standard InChI is InChI=1S/C24H32N2O2S/c1-16-10-11-20-23(2,3)13-7-14-24(20,4)18(16)12-15-29-22-26-25-21(28-22)17-8-5-6-9-19(17)27/h5-6,8-9,18,20,27H,1,7,10-15H2,2-4H3. The third-order valence-corrected chi connectivity index (χ3v) is 8.34. The van der Waals surface area contributed by atoms with Crippen LogP contribution in [0.5, 0.6) is 5.75 Å². The molecule has 4 nitrogen and oxygen atoms in total. The van der Waals surface area contributed by atoms with E-state index in [1.165, 1.54) is 31.3 Å². The number of allylic oxidation sites excluding steroid dienone is 1. The van der Waals surface area contributed by atoms with Crippen molar-refractivity contribution in [3.63, 3.8) is 0 Å². The number of rotatable bonds is 5. The first kappa shape index (κ1) is 20.5. The second kappa shape index (κ2) is 7.82.